The monoisotopic (exact) mass is 243 g/mol. The fourth-order valence-electron chi connectivity index (χ4n) is 1.61. The van der Waals surface area contributed by atoms with E-state index in [0.717, 1.165) is 11.4 Å². The van der Waals surface area contributed by atoms with Crippen LogP contribution in [-0.2, 0) is 14.1 Å². The summed E-state index contributed by atoms with van der Waals surface area (Å²) >= 11 is 0. The van der Waals surface area contributed by atoms with Gasteiger partial charge in [-0.15, -0.1) is 0 Å². The second kappa shape index (κ2) is 5.27. The van der Waals surface area contributed by atoms with Gasteiger partial charge in [0, 0.05) is 12.1 Å². The molecule has 0 bridgehead atoms. The second-order valence-electron chi connectivity index (χ2n) is 4.11. The highest BCUT2D eigenvalue weighted by molar-refractivity contribution is 5.93. The minimum atomic E-state index is 0.368. The molecule has 0 aliphatic heterocycles. The van der Waals surface area contributed by atoms with Crippen LogP contribution in [0.5, 0.6) is 0 Å². The molecule has 0 saturated heterocycles. The van der Waals surface area contributed by atoms with E-state index in [4.69, 9.17) is 5.73 Å². The smallest absolute Gasteiger partial charge is 0.198 e. The Labute approximate surface area is 106 Å². The molecule has 2 heterocycles. The van der Waals surface area contributed by atoms with Crippen molar-refractivity contribution in [3.8, 4) is 0 Å². The first-order chi connectivity index (χ1) is 8.63. The normalized spacial score (nSPS) is 11.3. The quantitative estimate of drug-likeness (QED) is 0.455. The van der Waals surface area contributed by atoms with Gasteiger partial charge in [0.05, 0.1) is 0 Å². The Morgan fingerprint density at radius 3 is 2.44 bits per heavy atom. The van der Waals surface area contributed by atoms with Crippen LogP contribution >= 0.6 is 0 Å². The Balaban J connectivity index is 2.14. The molecule has 0 atom stereocenters. The molecule has 0 spiro atoms. The van der Waals surface area contributed by atoms with E-state index in [1.807, 2.05) is 72.3 Å². The molecule has 0 fully saturated rings. The number of anilines is 1. The molecule has 5 nitrogen and oxygen atoms in total. The van der Waals surface area contributed by atoms with Gasteiger partial charge in [-0.05, 0) is 12.1 Å². The van der Waals surface area contributed by atoms with E-state index >= 15 is 0 Å². The van der Waals surface area contributed by atoms with E-state index in [1.54, 1.807) is 0 Å². The van der Waals surface area contributed by atoms with Crippen molar-refractivity contribution in [2.45, 2.75) is 0 Å². The number of hydrogen-bond donors (Lipinski definition) is 2. The zero-order valence-electron chi connectivity index (χ0n) is 10.5. The summed E-state index contributed by atoms with van der Waals surface area (Å²) in [5, 5.41) is 3.05. The molecule has 0 saturated carbocycles. The number of guanidine groups is 1. The highest BCUT2D eigenvalue weighted by atomic mass is 15.1. The minimum absolute atomic E-state index is 0.368. The van der Waals surface area contributed by atoms with Crippen LogP contribution < -0.4 is 20.2 Å². The van der Waals surface area contributed by atoms with Crippen LogP contribution in [0.15, 0.2) is 54.0 Å². The number of nitrogens with two attached hydrogens (primary N) is 1. The average Bonchev–Trinajstić information content (AvgIpc) is 2.28. The fourth-order valence-corrected chi connectivity index (χ4v) is 1.61. The molecular weight excluding hydrogens is 226 g/mol. The average molecular weight is 243 g/mol. The van der Waals surface area contributed by atoms with E-state index < -0.39 is 0 Å². The molecule has 0 amide bonds. The summed E-state index contributed by atoms with van der Waals surface area (Å²) in [7, 11) is 3.90. The number of nitrogens with one attached hydrogen (secondary N) is 1. The number of rotatable bonds is 2. The summed E-state index contributed by atoms with van der Waals surface area (Å²) < 4.78 is 3.87. The zero-order chi connectivity index (χ0) is 13.0. The third-order valence-electron chi connectivity index (χ3n) is 2.39. The van der Waals surface area contributed by atoms with Crippen LogP contribution in [0.2, 0.25) is 0 Å². The van der Waals surface area contributed by atoms with Crippen molar-refractivity contribution in [1.29, 1.82) is 0 Å². The second-order valence-corrected chi connectivity index (χ2v) is 4.11. The van der Waals surface area contributed by atoms with Crippen molar-refractivity contribution in [1.82, 2.24) is 0 Å². The molecule has 0 radical (unpaired) electrons. The van der Waals surface area contributed by atoms with Crippen LogP contribution in [0.25, 0.3) is 0 Å². The van der Waals surface area contributed by atoms with Gasteiger partial charge in [-0.2, -0.15) is 0 Å². The van der Waals surface area contributed by atoms with E-state index in [9.17, 15) is 0 Å². The highest BCUT2D eigenvalue weighted by Gasteiger charge is 2.01. The highest BCUT2D eigenvalue weighted by Crippen LogP contribution is 2.07. The van der Waals surface area contributed by atoms with Gasteiger partial charge in [-0.1, -0.05) is 0 Å². The molecule has 3 N–H and O–H groups in total. The topological polar surface area (TPSA) is 58.2 Å². The number of aryl methyl sites for hydroxylation is 2. The maximum absolute atomic E-state index is 5.86. The molecule has 0 aliphatic rings. The van der Waals surface area contributed by atoms with Crippen molar-refractivity contribution in [2.75, 3.05) is 5.32 Å². The first-order valence-corrected chi connectivity index (χ1v) is 5.65. The minimum Gasteiger partial charge on any atom is -0.369 e. The third-order valence-corrected chi connectivity index (χ3v) is 2.39. The van der Waals surface area contributed by atoms with Gasteiger partial charge in [0.2, 0.25) is 0 Å². The van der Waals surface area contributed by atoms with Crippen molar-refractivity contribution in [2.24, 2.45) is 24.8 Å². The van der Waals surface area contributed by atoms with Crippen LogP contribution in [-0.4, -0.2) is 5.96 Å². The molecule has 0 aromatic carbocycles. The molecule has 2 aromatic rings. The number of nitrogens with zero attached hydrogens (tertiary/aromatic N) is 3. The van der Waals surface area contributed by atoms with Gasteiger partial charge in [0.1, 0.15) is 25.5 Å². The molecule has 5 heteroatoms. The number of aliphatic imine (C=N–C) groups is 1. The lowest BCUT2D eigenvalue weighted by molar-refractivity contribution is -0.670. The van der Waals surface area contributed by atoms with Crippen LogP contribution in [0.1, 0.15) is 0 Å². The molecule has 2 aromatic heterocycles. The van der Waals surface area contributed by atoms with Crippen molar-refractivity contribution >= 4 is 17.3 Å². The van der Waals surface area contributed by atoms with E-state index in [2.05, 4.69) is 10.3 Å². The number of pyridine rings is 2. The Morgan fingerprint density at radius 1 is 1.11 bits per heavy atom. The van der Waals surface area contributed by atoms with Gasteiger partial charge >= 0.3 is 0 Å². The standard InChI is InChI=1S/C13H17N5/c1-17-7-3-5-11(9-17)15-13(14)16-12-6-4-8-18(2)10-12/h3-10H,1-2H3,(H3,14,15,16)/q+2. The third kappa shape index (κ3) is 3.28. The van der Waals surface area contributed by atoms with Crippen molar-refractivity contribution in [3.63, 3.8) is 0 Å². The van der Waals surface area contributed by atoms with Gasteiger partial charge in [-0.3, -0.25) is 0 Å². The molecule has 0 unspecified atom stereocenters. The Morgan fingerprint density at radius 2 is 1.78 bits per heavy atom. The Kier molecular flexibility index (Phi) is 3.52. The predicted octanol–water partition coefficient (Wildman–Crippen LogP) is 0.394. The summed E-state index contributed by atoms with van der Waals surface area (Å²) in [6.07, 6.45) is 7.74. The summed E-state index contributed by atoms with van der Waals surface area (Å²) in [6, 6.07) is 7.71. The lowest BCUT2D eigenvalue weighted by atomic mass is 10.4. The Hall–Kier alpha value is -2.43. The molecule has 2 rings (SSSR count). The van der Waals surface area contributed by atoms with Gasteiger partial charge in [0.15, 0.2) is 30.7 Å². The molecule has 92 valence electrons. The zero-order valence-corrected chi connectivity index (χ0v) is 10.5. The van der Waals surface area contributed by atoms with Crippen molar-refractivity contribution in [3.05, 3.63) is 49.1 Å². The maximum atomic E-state index is 5.86. The first kappa shape index (κ1) is 12.0. The lowest BCUT2D eigenvalue weighted by Gasteiger charge is -2.03. The molecule has 0 aliphatic carbocycles. The fraction of sp³-hybridized carbons (Fsp3) is 0.154. The van der Waals surface area contributed by atoms with Gasteiger partial charge in [-0.25, -0.2) is 14.1 Å². The van der Waals surface area contributed by atoms with E-state index in [-0.39, 0.29) is 0 Å². The number of aromatic nitrogens is 2. The maximum Gasteiger partial charge on any atom is 0.198 e. The van der Waals surface area contributed by atoms with Crippen molar-refractivity contribution < 1.29 is 9.13 Å². The molecular formula is C13H17N5+2. The van der Waals surface area contributed by atoms with Gasteiger partial charge < -0.3 is 11.1 Å². The lowest BCUT2D eigenvalue weighted by Crippen LogP contribution is -2.29. The van der Waals surface area contributed by atoms with Crippen LogP contribution in [0, 0.1) is 0 Å². The van der Waals surface area contributed by atoms with Gasteiger partial charge in [0.25, 0.3) is 0 Å². The molecule has 18 heavy (non-hydrogen) atoms. The van der Waals surface area contributed by atoms with E-state index in [1.165, 1.54) is 0 Å². The largest absolute Gasteiger partial charge is 0.369 e. The SMILES string of the molecule is C[n+]1cccc(N=C(N)Nc2ccc[n+](C)c2)c1. The summed E-state index contributed by atoms with van der Waals surface area (Å²) in [6.45, 7) is 0. The Bertz CT molecular complexity index is 577. The first-order valence-electron chi connectivity index (χ1n) is 5.65. The summed E-state index contributed by atoms with van der Waals surface area (Å²) in [5.74, 6) is 0.368. The summed E-state index contributed by atoms with van der Waals surface area (Å²) in [5.41, 5.74) is 7.57. The van der Waals surface area contributed by atoms with Crippen LogP contribution in [0.4, 0.5) is 11.4 Å². The summed E-state index contributed by atoms with van der Waals surface area (Å²) in [4.78, 5) is 4.30. The van der Waals surface area contributed by atoms with E-state index in [0.29, 0.717) is 5.96 Å². The van der Waals surface area contributed by atoms with Crippen LogP contribution in [0.3, 0.4) is 0 Å². The predicted molar refractivity (Wildman–Crippen MR) is 70.1 cm³/mol. The number of hydrogen-bond acceptors (Lipinski definition) is 1.